The van der Waals surface area contributed by atoms with Crippen LogP contribution in [0.3, 0.4) is 0 Å². The molecule has 0 spiro atoms. The van der Waals surface area contributed by atoms with Gasteiger partial charge in [-0.3, -0.25) is 4.90 Å². The standard InChI is InChI=1S/C18H25NO6/c1-3-11-8-13(9-20)18(2,23)17(22)24-10-12-4-6-19-7-5-14(15(12)19)25-16(11)21/h3-4,13-15,20,23H,5-10H2,1-2H3/b11-3+/t13-,14-,15+,18-/m1/s1. The summed E-state index contributed by atoms with van der Waals surface area (Å²) < 4.78 is 11.1. The zero-order valence-corrected chi connectivity index (χ0v) is 14.6. The molecule has 138 valence electrons. The highest BCUT2D eigenvalue weighted by atomic mass is 16.6. The van der Waals surface area contributed by atoms with Crippen molar-refractivity contribution in [1.29, 1.82) is 0 Å². The fourth-order valence-corrected chi connectivity index (χ4v) is 3.83. The molecule has 0 radical (unpaired) electrons. The fraction of sp³-hybridized carbons (Fsp3) is 0.667. The Balaban J connectivity index is 1.92. The molecule has 7 nitrogen and oxygen atoms in total. The summed E-state index contributed by atoms with van der Waals surface area (Å²) in [5.41, 5.74) is -0.659. The molecule has 3 aliphatic heterocycles. The molecule has 0 aromatic rings. The quantitative estimate of drug-likeness (QED) is 0.395. The number of aliphatic hydroxyl groups is 2. The van der Waals surface area contributed by atoms with Gasteiger partial charge in [0.1, 0.15) is 12.7 Å². The molecule has 3 heterocycles. The van der Waals surface area contributed by atoms with Gasteiger partial charge in [0.2, 0.25) is 0 Å². The molecule has 3 rings (SSSR count). The second kappa shape index (κ2) is 6.90. The molecule has 0 aromatic heterocycles. The molecule has 0 aromatic carbocycles. The highest BCUT2D eigenvalue weighted by molar-refractivity contribution is 5.89. The third kappa shape index (κ3) is 3.23. The van der Waals surface area contributed by atoms with Gasteiger partial charge in [-0.2, -0.15) is 0 Å². The summed E-state index contributed by atoms with van der Waals surface area (Å²) in [6.45, 7) is 4.17. The van der Waals surface area contributed by atoms with Crippen LogP contribution in [-0.2, 0) is 19.1 Å². The van der Waals surface area contributed by atoms with Crippen LogP contribution in [0.5, 0.6) is 0 Å². The first-order valence-electron chi connectivity index (χ1n) is 8.68. The van der Waals surface area contributed by atoms with Gasteiger partial charge in [0.15, 0.2) is 5.60 Å². The lowest BCUT2D eigenvalue weighted by Gasteiger charge is -2.32. The monoisotopic (exact) mass is 351 g/mol. The lowest BCUT2D eigenvalue weighted by Crippen LogP contribution is -2.47. The molecular weight excluding hydrogens is 326 g/mol. The van der Waals surface area contributed by atoms with Crippen molar-refractivity contribution in [1.82, 2.24) is 4.90 Å². The van der Waals surface area contributed by atoms with E-state index in [1.54, 1.807) is 13.0 Å². The van der Waals surface area contributed by atoms with Gasteiger partial charge in [-0.05, 0) is 32.3 Å². The molecule has 2 fully saturated rings. The molecular formula is C18H25NO6. The van der Waals surface area contributed by atoms with Crippen LogP contribution < -0.4 is 0 Å². The van der Waals surface area contributed by atoms with E-state index in [2.05, 4.69) is 4.90 Å². The minimum Gasteiger partial charge on any atom is -0.459 e. The Hall–Kier alpha value is -1.70. The molecule has 0 unspecified atom stereocenters. The fourth-order valence-electron chi connectivity index (χ4n) is 3.83. The van der Waals surface area contributed by atoms with Gasteiger partial charge in [0.05, 0.1) is 6.04 Å². The number of hydrogen-bond acceptors (Lipinski definition) is 7. The highest BCUT2D eigenvalue weighted by Crippen LogP contribution is 2.34. The summed E-state index contributed by atoms with van der Waals surface area (Å²) in [4.78, 5) is 27.2. The van der Waals surface area contributed by atoms with E-state index in [1.165, 1.54) is 6.92 Å². The van der Waals surface area contributed by atoms with E-state index in [1.807, 2.05) is 6.08 Å². The van der Waals surface area contributed by atoms with Crippen molar-refractivity contribution in [3.63, 3.8) is 0 Å². The largest absolute Gasteiger partial charge is 0.459 e. The van der Waals surface area contributed by atoms with Crippen LogP contribution in [0.4, 0.5) is 0 Å². The number of allylic oxidation sites excluding steroid dienone is 1. The minimum absolute atomic E-state index is 0.0394. The number of cyclic esters (lactones) is 1. The molecule has 0 bridgehead atoms. The molecule has 4 atom stereocenters. The first-order valence-corrected chi connectivity index (χ1v) is 8.68. The van der Waals surface area contributed by atoms with E-state index in [4.69, 9.17) is 9.47 Å². The second-order valence-corrected chi connectivity index (χ2v) is 7.07. The first-order chi connectivity index (χ1) is 11.9. The Morgan fingerprint density at radius 1 is 1.44 bits per heavy atom. The van der Waals surface area contributed by atoms with Crippen LogP contribution in [0.2, 0.25) is 0 Å². The Morgan fingerprint density at radius 2 is 2.20 bits per heavy atom. The maximum atomic E-state index is 12.6. The van der Waals surface area contributed by atoms with E-state index < -0.39 is 30.1 Å². The number of carbonyl (C=O) groups is 2. The molecule has 2 saturated heterocycles. The van der Waals surface area contributed by atoms with Crippen LogP contribution in [-0.4, -0.2) is 71.1 Å². The molecule has 0 amide bonds. The lowest BCUT2D eigenvalue weighted by atomic mass is 9.84. The Labute approximate surface area is 146 Å². The molecule has 2 N–H and O–H groups in total. The number of hydrogen-bond donors (Lipinski definition) is 2. The number of esters is 2. The zero-order chi connectivity index (χ0) is 18.2. The minimum atomic E-state index is -1.89. The summed E-state index contributed by atoms with van der Waals surface area (Å²) in [5.74, 6) is -2.10. The van der Waals surface area contributed by atoms with E-state index in [-0.39, 0.29) is 25.2 Å². The Kier molecular flexibility index (Phi) is 4.99. The lowest BCUT2D eigenvalue weighted by molar-refractivity contribution is -0.171. The SMILES string of the molecule is C/C=C1\C[C@H](CO)[C@@](C)(O)C(=O)OCC2=CCN3CC[C@@H](OC1=O)[C@H]23. The molecule has 7 heteroatoms. The number of aliphatic hydroxyl groups excluding tert-OH is 1. The van der Waals surface area contributed by atoms with Crippen molar-refractivity contribution in [2.24, 2.45) is 5.92 Å². The summed E-state index contributed by atoms with van der Waals surface area (Å²) in [7, 11) is 0. The third-order valence-electron chi connectivity index (χ3n) is 5.55. The van der Waals surface area contributed by atoms with E-state index in [9.17, 15) is 19.8 Å². The Morgan fingerprint density at radius 3 is 2.88 bits per heavy atom. The normalized spacial score (nSPS) is 38.5. The maximum Gasteiger partial charge on any atom is 0.338 e. The van der Waals surface area contributed by atoms with Crippen LogP contribution in [0, 0.1) is 5.92 Å². The summed E-state index contributed by atoms with van der Waals surface area (Å²) in [5, 5.41) is 20.2. The van der Waals surface area contributed by atoms with Gasteiger partial charge in [-0.1, -0.05) is 12.2 Å². The van der Waals surface area contributed by atoms with Crippen LogP contribution in [0.25, 0.3) is 0 Å². The van der Waals surface area contributed by atoms with Crippen LogP contribution >= 0.6 is 0 Å². The molecule has 25 heavy (non-hydrogen) atoms. The van der Waals surface area contributed by atoms with Crippen molar-refractivity contribution >= 4 is 11.9 Å². The third-order valence-corrected chi connectivity index (χ3v) is 5.55. The van der Waals surface area contributed by atoms with Crippen LogP contribution in [0.1, 0.15) is 26.7 Å². The van der Waals surface area contributed by atoms with Crippen molar-refractivity contribution in [3.8, 4) is 0 Å². The molecule has 0 saturated carbocycles. The zero-order valence-electron chi connectivity index (χ0n) is 14.6. The van der Waals surface area contributed by atoms with E-state index in [0.29, 0.717) is 5.57 Å². The molecule has 3 aliphatic rings. The number of carbonyl (C=O) groups excluding carboxylic acids is 2. The van der Waals surface area contributed by atoms with Gasteiger partial charge in [-0.15, -0.1) is 0 Å². The predicted molar refractivity (Wildman–Crippen MR) is 88.5 cm³/mol. The number of nitrogens with zero attached hydrogens (tertiary/aromatic N) is 1. The van der Waals surface area contributed by atoms with Gasteiger partial charge in [0.25, 0.3) is 0 Å². The Bertz CT molecular complexity index is 623. The number of ether oxygens (including phenoxy) is 2. The van der Waals surface area contributed by atoms with E-state index in [0.717, 1.165) is 25.1 Å². The molecule has 0 aliphatic carbocycles. The van der Waals surface area contributed by atoms with Crippen molar-refractivity contribution < 1.29 is 29.3 Å². The van der Waals surface area contributed by atoms with Crippen molar-refractivity contribution in [2.75, 3.05) is 26.3 Å². The summed E-state index contributed by atoms with van der Waals surface area (Å²) in [6.07, 6.45) is 4.09. The smallest absolute Gasteiger partial charge is 0.338 e. The average molecular weight is 351 g/mol. The predicted octanol–water partition coefficient (Wildman–Crippen LogP) is 0.165. The topological polar surface area (TPSA) is 96.3 Å². The summed E-state index contributed by atoms with van der Waals surface area (Å²) in [6, 6.07) is -0.0760. The summed E-state index contributed by atoms with van der Waals surface area (Å²) >= 11 is 0. The second-order valence-electron chi connectivity index (χ2n) is 7.07. The van der Waals surface area contributed by atoms with E-state index >= 15 is 0 Å². The number of rotatable bonds is 1. The van der Waals surface area contributed by atoms with Gasteiger partial charge >= 0.3 is 11.9 Å². The maximum absolute atomic E-state index is 12.6. The van der Waals surface area contributed by atoms with Crippen molar-refractivity contribution in [2.45, 2.75) is 44.4 Å². The van der Waals surface area contributed by atoms with Crippen LogP contribution in [0.15, 0.2) is 23.3 Å². The van der Waals surface area contributed by atoms with Gasteiger partial charge in [-0.25, -0.2) is 9.59 Å². The van der Waals surface area contributed by atoms with Gasteiger partial charge in [0, 0.05) is 31.2 Å². The first kappa shape index (κ1) is 18.1. The van der Waals surface area contributed by atoms with Gasteiger partial charge < -0.3 is 19.7 Å². The van der Waals surface area contributed by atoms with Crippen molar-refractivity contribution in [3.05, 3.63) is 23.3 Å². The average Bonchev–Trinajstić information content (AvgIpc) is 3.15. The highest BCUT2D eigenvalue weighted by Gasteiger charge is 2.46.